The smallest absolute Gasteiger partial charge is 0.211 e. The van der Waals surface area contributed by atoms with Gasteiger partial charge in [-0.2, -0.15) is 0 Å². The van der Waals surface area contributed by atoms with Crippen LogP contribution in [0.2, 0.25) is 0 Å². The Bertz CT molecular complexity index is 504. The van der Waals surface area contributed by atoms with Crippen LogP contribution < -0.4 is 4.72 Å². The summed E-state index contributed by atoms with van der Waals surface area (Å²) in [5.41, 5.74) is -0.709. The largest absolute Gasteiger partial charge is 0.372 e. The third kappa shape index (κ3) is 3.51. The number of nitrogens with one attached hydrogen (secondary N) is 1. The maximum Gasteiger partial charge on any atom is 0.211 e. The highest BCUT2D eigenvalue weighted by Crippen LogP contribution is 2.26. The molecule has 0 saturated heterocycles. The van der Waals surface area contributed by atoms with E-state index in [1.165, 1.54) is 20.1 Å². The van der Waals surface area contributed by atoms with Crippen LogP contribution >= 0.6 is 0 Å². The van der Waals surface area contributed by atoms with Crippen molar-refractivity contribution in [2.75, 3.05) is 19.4 Å². The molecule has 0 aliphatic carbocycles. The SMILES string of the molecule is CCS(=O)(=O)NCC(C)(OC)c1ccccc1F. The summed E-state index contributed by atoms with van der Waals surface area (Å²) in [5, 5.41) is 0. The second kappa shape index (κ2) is 5.77. The van der Waals surface area contributed by atoms with Crippen LogP contribution in [-0.4, -0.2) is 27.8 Å². The number of ether oxygens (including phenoxy) is 1. The van der Waals surface area contributed by atoms with Crippen LogP contribution in [0.1, 0.15) is 19.4 Å². The van der Waals surface area contributed by atoms with E-state index in [9.17, 15) is 12.8 Å². The first-order valence-electron chi connectivity index (χ1n) is 5.62. The number of hydrogen-bond acceptors (Lipinski definition) is 3. The molecule has 1 unspecified atom stereocenters. The quantitative estimate of drug-likeness (QED) is 0.858. The average Bonchev–Trinajstić information content (AvgIpc) is 2.37. The van der Waals surface area contributed by atoms with E-state index in [0.29, 0.717) is 5.56 Å². The van der Waals surface area contributed by atoms with Gasteiger partial charge in [0.25, 0.3) is 0 Å². The molecule has 0 radical (unpaired) electrons. The number of sulfonamides is 1. The highest BCUT2D eigenvalue weighted by Gasteiger charge is 2.30. The fourth-order valence-electron chi connectivity index (χ4n) is 1.52. The van der Waals surface area contributed by atoms with Crippen LogP contribution in [-0.2, 0) is 20.4 Å². The molecular formula is C12H18FNO3S. The lowest BCUT2D eigenvalue weighted by Crippen LogP contribution is -2.41. The molecule has 0 aliphatic heterocycles. The molecule has 0 aliphatic rings. The second-order valence-corrected chi connectivity index (χ2v) is 6.23. The first-order valence-corrected chi connectivity index (χ1v) is 7.27. The van der Waals surface area contributed by atoms with E-state index < -0.39 is 21.4 Å². The van der Waals surface area contributed by atoms with Gasteiger partial charge in [-0.3, -0.25) is 0 Å². The van der Waals surface area contributed by atoms with Gasteiger partial charge in [0.2, 0.25) is 10.0 Å². The molecule has 0 saturated carbocycles. The zero-order valence-corrected chi connectivity index (χ0v) is 11.6. The van der Waals surface area contributed by atoms with Crippen molar-refractivity contribution in [2.24, 2.45) is 0 Å². The van der Waals surface area contributed by atoms with Crippen LogP contribution in [0.3, 0.4) is 0 Å². The summed E-state index contributed by atoms with van der Waals surface area (Å²) in [6, 6.07) is 6.16. The summed E-state index contributed by atoms with van der Waals surface area (Å²) in [4.78, 5) is 0. The Morgan fingerprint density at radius 1 is 1.39 bits per heavy atom. The predicted octanol–water partition coefficient (Wildman–Crippen LogP) is 1.63. The van der Waals surface area contributed by atoms with E-state index >= 15 is 0 Å². The average molecular weight is 275 g/mol. The Morgan fingerprint density at radius 2 is 2.00 bits per heavy atom. The van der Waals surface area contributed by atoms with Crippen LogP contribution in [0.15, 0.2) is 24.3 Å². The third-order valence-corrected chi connectivity index (χ3v) is 4.25. The molecule has 18 heavy (non-hydrogen) atoms. The van der Waals surface area contributed by atoms with E-state index in [2.05, 4.69) is 4.72 Å². The van der Waals surface area contributed by atoms with Gasteiger partial charge in [0.1, 0.15) is 11.4 Å². The Kier molecular flexibility index (Phi) is 4.84. The fraction of sp³-hybridized carbons (Fsp3) is 0.500. The molecule has 0 aromatic heterocycles. The van der Waals surface area contributed by atoms with E-state index in [-0.39, 0.29) is 12.3 Å². The van der Waals surface area contributed by atoms with Gasteiger partial charge in [-0.15, -0.1) is 0 Å². The van der Waals surface area contributed by atoms with Crippen LogP contribution in [0, 0.1) is 5.82 Å². The molecule has 1 N–H and O–H groups in total. The Labute approximate surface area is 107 Å². The summed E-state index contributed by atoms with van der Waals surface area (Å²) in [7, 11) is -1.91. The lowest BCUT2D eigenvalue weighted by Gasteiger charge is -2.29. The molecule has 0 fully saturated rings. The summed E-state index contributed by atoms with van der Waals surface area (Å²) in [6.45, 7) is 3.17. The Morgan fingerprint density at radius 3 is 2.50 bits per heavy atom. The number of hydrogen-bond donors (Lipinski definition) is 1. The van der Waals surface area contributed by atoms with Crippen molar-refractivity contribution in [1.29, 1.82) is 0 Å². The molecule has 102 valence electrons. The van der Waals surface area contributed by atoms with Crippen molar-refractivity contribution in [3.05, 3.63) is 35.6 Å². The van der Waals surface area contributed by atoms with Crippen molar-refractivity contribution >= 4 is 10.0 Å². The zero-order chi connectivity index (χ0) is 13.8. The molecule has 4 nitrogen and oxygen atoms in total. The highest BCUT2D eigenvalue weighted by molar-refractivity contribution is 7.89. The van der Waals surface area contributed by atoms with Gasteiger partial charge in [-0.25, -0.2) is 17.5 Å². The molecule has 6 heteroatoms. The van der Waals surface area contributed by atoms with Crippen molar-refractivity contribution in [1.82, 2.24) is 4.72 Å². The predicted molar refractivity (Wildman–Crippen MR) is 68.2 cm³/mol. The van der Waals surface area contributed by atoms with Gasteiger partial charge < -0.3 is 4.74 Å². The first-order chi connectivity index (χ1) is 8.34. The summed E-state index contributed by atoms with van der Waals surface area (Å²) < 4.78 is 44.2. The summed E-state index contributed by atoms with van der Waals surface area (Å²) in [5.74, 6) is -0.443. The molecular weight excluding hydrogens is 257 g/mol. The molecule has 0 heterocycles. The molecule has 0 amide bonds. The standard InChI is InChI=1S/C12H18FNO3S/c1-4-18(15,16)14-9-12(2,17-3)10-7-5-6-8-11(10)13/h5-8,14H,4,9H2,1-3H3. The van der Waals surface area contributed by atoms with Gasteiger partial charge in [0, 0.05) is 19.2 Å². The minimum atomic E-state index is -3.34. The van der Waals surface area contributed by atoms with Crippen LogP contribution in [0.25, 0.3) is 0 Å². The maximum absolute atomic E-state index is 13.7. The monoisotopic (exact) mass is 275 g/mol. The minimum absolute atomic E-state index is 0.0133. The number of benzene rings is 1. The van der Waals surface area contributed by atoms with Gasteiger partial charge >= 0.3 is 0 Å². The number of methoxy groups -OCH3 is 1. The van der Waals surface area contributed by atoms with Gasteiger partial charge in [-0.1, -0.05) is 18.2 Å². The normalized spacial score (nSPS) is 15.3. The number of rotatable bonds is 6. The van der Waals surface area contributed by atoms with Crippen molar-refractivity contribution < 1.29 is 17.5 Å². The number of halogens is 1. The molecule has 0 bridgehead atoms. The fourth-order valence-corrected chi connectivity index (χ4v) is 2.22. The van der Waals surface area contributed by atoms with E-state index in [4.69, 9.17) is 4.74 Å². The van der Waals surface area contributed by atoms with Crippen LogP contribution in [0.5, 0.6) is 0 Å². The van der Waals surface area contributed by atoms with Gasteiger partial charge in [0.05, 0.1) is 5.75 Å². The first kappa shape index (κ1) is 15.1. The van der Waals surface area contributed by atoms with Crippen LogP contribution in [0.4, 0.5) is 4.39 Å². The van der Waals surface area contributed by atoms with E-state index in [1.807, 2.05) is 0 Å². The maximum atomic E-state index is 13.7. The van der Waals surface area contributed by atoms with Gasteiger partial charge in [0.15, 0.2) is 0 Å². The van der Waals surface area contributed by atoms with Crippen molar-refractivity contribution in [3.63, 3.8) is 0 Å². The lowest BCUT2D eigenvalue weighted by atomic mass is 9.95. The summed E-state index contributed by atoms with van der Waals surface area (Å²) in [6.07, 6.45) is 0. The third-order valence-electron chi connectivity index (χ3n) is 2.90. The van der Waals surface area contributed by atoms with Crippen molar-refractivity contribution in [2.45, 2.75) is 19.4 Å². The molecule has 1 rings (SSSR count). The Hall–Kier alpha value is -0.980. The molecule has 1 aromatic rings. The molecule has 0 spiro atoms. The van der Waals surface area contributed by atoms with Crippen molar-refractivity contribution in [3.8, 4) is 0 Å². The zero-order valence-electron chi connectivity index (χ0n) is 10.7. The lowest BCUT2D eigenvalue weighted by molar-refractivity contribution is 0.00411. The second-order valence-electron chi connectivity index (χ2n) is 4.14. The molecule has 1 atom stereocenters. The summed E-state index contributed by atoms with van der Waals surface area (Å²) >= 11 is 0. The van der Waals surface area contributed by atoms with E-state index in [1.54, 1.807) is 25.1 Å². The highest BCUT2D eigenvalue weighted by atomic mass is 32.2. The topological polar surface area (TPSA) is 55.4 Å². The van der Waals surface area contributed by atoms with E-state index in [0.717, 1.165) is 0 Å². The molecule has 1 aromatic carbocycles. The van der Waals surface area contributed by atoms with Gasteiger partial charge in [-0.05, 0) is 19.9 Å². The Balaban J connectivity index is 2.97. The minimum Gasteiger partial charge on any atom is -0.372 e.